The Morgan fingerprint density at radius 2 is 1.09 bits per heavy atom. The Hall–Kier alpha value is -4.98. The topological polar surface area (TPSA) is 147 Å². The molecule has 0 spiro atoms. The summed E-state index contributed by atoms with van der Waals surface area (Å²) in [5.41, 5.74) is 9.90. The number of hydrogen-bond donors (Lipinski definition) is 4. The van der Waals surface area contributed by atoms with Gasteiger partial charge in [-0.25, -0.2) is 9.59 Å². The van der Waals surface area contributed by atoms with E-state index in [0.717, 1.165) is 17.2 Å². The lowest BCUT2D eigenvalue weighted by Crippen LogP contribution is -2.18. The number of carbonyl (C=O) groups excluding carboxylic acids is 2. The molecule has 0 aliphatic heterocycles. The number of allylic oxidation sites excluding steroid dienone is 2. The molecule has 0 amide bonds. The van der Waals surface area contributed by atoms with Gasteiger partial charge in [0.15, 0.2) is 12.6 Å². The fourth-order valence-corrected chi connectivity index (χ4v) is 4.56. The van der Waals surface area contributed by atoms with Crippen molar-refractivity contribution < 1.29 is 29.4 Å². The van der Waals surface area contributed by atoms with E-state index < -0.39 is 11.9 Å². The van der Waals surface area contributed by atoms with Crippen molar-refractivity contribution in [3.8, 4) is 0 Å². The maximum absolute atomic E-state index is 12.7. The normalized spacial score (nSPS) is 13.0. The number of carbonyl (C=O) groups is 4. The Morgan fingerprint density at radius 1 is 0.674 bits per heavy atom. The van der Waals surface area contributed by atoms with Crippen LogP contribution >= 0.6 is 0 Å². The van der Waals surface area contributed by atoms with Crippen LogP contribution in [-0.2, 0) is 27.0 Å². The molecule has 0 unspecified atom stereocenters. The molecule has 0 radical (unpaired) electrons. The van der Waals surface area contributed by atoms with Crippen molar-refractivity contribution in [3.63, 3.8) is 0 Å². The lowest BCUT2D eigenvalue weighted by molar-refractivity contribution is -0.107. The molecule has 5 N–H and O–H groups in total. The zero-order valence-electron chi connectivity index (χ0n) is 25.3. The van der Waals surface area contributed by atoms with Gasteiger partial charge in [-0.1, -0.05) is 90.1 Å². The number of nitrogens with two attached hydrogens (primary N) is 1. The van der Waals surface area contributed by atoms with Gasteiger partial charge in [-0.3, -0.25) is 9.59 Å². The monoisotopic (exact) mass is 582 g/mol. The number of carboxylic acids is 2. The van der Waals surface area contributed by atoms with Crippen LogP contribution in [0.15, 0.2) is 77.9 Å². The van der Waals surface area contributed by atoms with Crippen molar-refractivity contribution in [1.29, 1.82) is 0 Å². The molecule has 0 atom stereocenters. The van der Waals surface area contributed by atoms with Crippen LogP contribution in [0.4, 0.5) is 0 Å². The highest BCUT2D eigenvalue weighted by atomic mass is 16.4. The van der Waals surface area contributed by atoms with Crippen LogP contribution in [0, 0.1) is 0 Å². The Kier molecular flexibility index (Phi) is 9.76. The second kappa shape index (κ2) is 12.9. The standard InChI is InChI=1S/C35H38N2O6/c1-34(2,3)26-11-7-22(8-12-26)30(36)28(19-38)29(20-39)31(23-9-13-27(14-10-23)35(4,5)6)37-18-21-15-24(32(40)41)17-25(16-21)33(42)43/h7-17,19-20,37H,18,36H2,1-6H3,(H,40,41)(H,42,43)/b30-28-,31-29-. The molecule has 0 aromatic heterocycles. The highest BCUT2D eigenvalue weighted by Gasteiger charge is 2.20. The van der Waals surface area contributed by atoms with Crippen molar-refractivity contribution in [3.05, 3.63) is 117 Å². The summed E-state index contributed by atoms with van der Waals surface area (Å²) in [6.07, 6.45) is 1.09. The lowest BCUT2D eigenvalue weighted by Gasteiger charge is -2.21. The maximum Gasteiger partial charge on any atom is 0.335 e. The van der Waals surface area contributed by atoms with Crippen LogP contribution in [0.3, 0.4) is 0 Å². The van der Waals surface area contributed by atoms with Crippen molar-refractivity contribution in [2.45, 2.75) is 58.9 Å². The Bertz CT molecular complexity index is 1570. The molecule has 8 nitrogen and oxygen atoms in total. The summed E-state index contributed by atoms with van der Waals surface area (Å²) in [4.78, 5) is 48.4. The van der Waals surface area contributed by atoms with Crippen LogP contribution in [-0.4, -0.2) is 34.7 Å². The first-order chi connectivity index (χ1) is 20.1. The first kappa shape index (κ1) is 32.5. The first-order valence-electron chi connectivity index (χ1n) is 13.8. The third kappa shape index (κ3) is 7.86. The van der Waals surface area contributed by atoms with Gasteiger partial charge in [0.05, 0.1) is 33.7 Å². The molecule has 0 aliphatic rings. The van der Waals surface area contributed by atoms with E-state index in [9.17, 15) is 29.4 Å². The van der Waals surface area contributed by atoms with E-state index in [2.05, 4.69) is 46.9 Å². The minimum atomic E-state index is -1.28. The van der Waals surface area contributed by atoms with E-state index in [0.29, 0.717) is 29.3 Å². The van der Waals surface area contributed by atoms with Crippen molar-refractivity contribution in [2.75, 3.05) is 0 Å². The van der Waals surface area contributed by atoms with Gasteiger partial charge in [-0.05, 0) is 56.8 Å². The molecule has 0 heterocycles. The summed E-state index contributed by atoms with van der Waals surface area (Å²) in [6, 6.07) is 18.7. The van der Waals surface area contributed by atoms with E-state index in [4.69, 9.17) is 5.73 Å². The van der Waals surface area contributed by atoms with E-state index >= 15 is 0 Å². The molecule has 0 fully saturated rings. The van der Waals surface area contributed by atoms with Crippen molar-refractivity contribution in [2.24, 2.45) is 5.73 Å². The molecule has 3 rings (SSSR count). The number of nitrogens with one attached hydrogen (secondary N) is 1. The van der Waals surface area contributed by atoms with Crippen LogP contribution < -0.4 is 11.1 Å². The number of aldehydes is 2. The van der Waals surface area contributed by atoms with Crippen LogP contribution in [0.1, 0.15) is 90.1 Å². The highest BCUT2D eigenvalue weighted by molar-refractivity contribution is 6.07. The van der Waals surface area contributed by atoms with E-state index in [1.807, 2.05) is 36.4 Å². The Morgan fingerprint density at radius 3 is 1.47 bits per heavy atom. The molecule has 3 aromatic carbocycles. The predicted molar refractivity (Wildman–Crippen MR) is 168 cm³/mol. The summed E-state index contributed by atoms with van der Waals surface area (Å²) in [6.45, 7) is 12.4. The third-order valence-electron chi connectivity index (χ3n) is 7.14. The van der Waals surface area contributed by atoms with Gasteiger partial charge in [0.1, 0.15) is 0 Å². The van der Waals surface area contributed by atoms with E-state index in [1.165, 1.54) is 12.1 Å². The number of aromatic carboxylic acids is 2. The molecule has 224 valence electrons. The number of rotatable bonds is 10. The Labute approximate surface area is 251 Å². The van der Waals surface area contributed by atoms with E-state index in [1.54, 1.807) is 12.1 Å². The van der Waals surface area contributed by atoms with Crippen molar-refractivity contribution in [1.82, 2.24) is 5.32 Å². The largest absolute Gasteiger partial charge is 0.478 e. The zero-order chi connectivity index (χ0) is 32.1. The molecule has 3 aromatic rings. The summed E-state index contributed by atoms with van der Waals surface area (Å²) >= 11 is 0. The summed E-state index contributed by atoms with van der Waals surface area (Å²) in [5.74, 6) is -2.55. The molecular formula is C35H38N2O6. The quantitative estimate of drug-likeness (QED) is 0.130. The van der Waals surface area contributed by atoms with Gasteiger partial charge in [0.2, 0.25) is 0 Å². The average molecular weight is 583 g/mol. The van der Waals surface area contributed by atoms with Gasteiger partial charge in [0.25, 0.3) is 0 Å². The summed E-state index contributed by atoms with van der Waals surface area (Å²) in [5, 5.41) is 22.2. The lowest BCUT2D eigenvalue weighted by atomic mass is 9.85. The minimum absolute atomic E-state index is 0.00348. The first-order valence-corrected chi connectivity index (χ1v) is 13.8. The van der Waals surface area contributed by atoms with Crippen LogP contribution in [0.25, 0.3) is 11.4 Å². The van der Waals surface area contributed by atoms with Crippen LogP contribution in [0.2, 0.25) is 0 Å². The molecule has 0 aliphatic carbocycles. The van der Waals surface area contributed by atoms with Crippen LogP contribution in [0.5, 0.6) is 0 Å². The van der Waals surface area contributed by atoms with Crippen molar-refractivity contribution >= 4 is 35.9 Å². The minimum Gasteiger partial charge on any atom is -0.478 e. The zero-order valence-corrected chi connectivity index (χ0v) is 25.3. The highest BCUT2D eigenvalue weighted by Crippen LogP contribution is 2.29. The van der Waals surface area contributed by atoms with Gasteiger partial charge >= 0.3 is 11.9 Å². The average Bonchev–Trinajstić information content (AvgIpc) is 2.95. The molecule has 0 saturated carbocycles. The molecule has 0 bridgehead atoms. The second-order valence-electron chi connectivity index (χ2n) is 12.4. The molecule has 43 heavy (non-hydrogen) atoms. The fourth-order valence-electron chi connectivity index (χ4n) is 4.56. The fraction of sp³-hybridized carbons (Fsp3) is 0.257. The SMILES string of the molecule is CC(C)(C)c1ccc(/C(N)=C(C=O)/C(C=O)=C(\NCc2cc(C(=O)O)cc(C(=O)O)c2)c2ccc(C(C)(C)C)cc2)cc1. The summed E-state index contributed by atoms with van der Waals surface area (Å²) < 4.78 is 0. The van der Waals surface area contributed by atoms with Gasteiger partial charge in [0, 0.05) is 6.54 Å². The number of hydrogen-bond acceptors (Lipinski definition) is 6. The molecule has 0 saturated heterocycles. The number of benzene rings is 3. The van der Waals surface area contributed by atoms with Gasteiger partial charge in [-0.15, -0.1) is 0 Å². The van der Waals surface area contributed by atoms with Gasteiger partial charge < -0.3 is 21.3 Å². The molecular weight excluding hydrogens is 544 g/mol. The summed E-state index contributed by atoms with van der Waals surface area (Å²) in [7, 11) is 0. The maximum atomic E-state index is 12.7. The smallest absolute Gasteiger partial charge is 0.335 e. The predicted octanol–water partition coefficient (Wildman–Crippen LogP) is 5.95. The second-order valence-corrected chi connectivity index (χ2v) is 12.4. The van der Waals surface area contributed by atoms with Gasteiger partial charge in [-0.2, -0.15) is 0 Å². The van der Waals surface area contributed by atoms with E-state index in [-0.39, 0.29) is 51.0 Å². The number of carboxylic acid groups (broad SMARTS) is 2. The molecule has 8 heteroatoms. The Balaban J connectivity index is 2.21. The third-order valence-corrected chi connectivity index (χ3v) is 7.14.